The number of hydrogen-bond donors (Lipinski definition) is 0. The van der Waals surface area contributed by atoms with Crippen LogP contribution in [0.15, 0.2) is 66.7 Å². The number of hydrogen-bond acceptors (Lipinski definition) is 6. The van der Waals surface area contributed by atoms with Gasteiger partial charge in [0.2, 0.25) is 5.88 Å². The fraction of sp³-hybridized carbons (Fsp3) is 0.167. The molecule has 2 aromatic carbocycles. The SMILES string of the molecule is CC(C)(C)OC(=O)Oc1c(-c2ccc3ccccc3n2)c(C=O)nn1-c1ccccc1. The van der Waals surface area contributed by atoms with Gasteiger partial charge in [-0.25, -0.2) is 9.78 Å². The molecule has 2 heterocycles. The number of fused-ring (bicyclic) bond motifs is 1. The van der Waals surface area contributed by atoms with E-state index in [9.17, 15) is 9.59 Å². The topological polar surface area (TPSA) is 83.3 Å². The smallest absolute Gasteiger partial charge is 0.428 e. The van der Waals surface area contributed by atoms with Gasteiger partial charge in [0, 0.05) is 5.39 Å². The Bertz CT molecular complexity index is 1260. The molecule has 0 bridgehead atoms. The summed E-state index contributed by atoms with van der Waals surface area (Å²) in [5, 5.41) is 5.33. The number of ether oxygens (including phenoxy) is 2. The summed E-state index contributed by atoms with van der Waals surface area (Å²) < 4.78 is 12.3. The molecule has 0 radical (unpaired) electrons. The summed E-state index contributed by atoms with van der Waals surface area (Å²) in [6, 6.07) is 20.4. The van der Waals surface area contributed by atoms with E-state index in [2.05, 4.69) is 10.1 Å². The quantitative estimate of drug-likeness (QED) is 0.336. The van der Waals surface area contributed by atoms with Gasteiger partial charge in [-0.2, -0.15) is 9.78 Å². The van der Waals surface area contributed by atoms with Gasteiger partial charge < -0.3 is 9.47 Å². The van der Waals surface area contributed by atoms with E-state index >= 15 is 0 Å². The van der Waals surface area contributed by atoms with Crippen molar-refractivity contribution < 1.29 is 19.1 Å². The molecule has 2 aromatic heterocycles. The number of aldehydes is 1. The Kier molecular flexibility index (Phi) is 5.25. The van der Waals surface area contributed by atoms with Crippen molar-refractivity contribution in [3.8, 4) is 22.8 Å². The Balaban J connectivity index is 1.90. The van der Waals surface area contributed by atoms with E-state index in [0.29, 0.717) is 23.2 Å². The third kappa shape index (κ3) is 4.30. The monoisotopic (exact) mass is 415 g/mol. The lowest BCUT2D eigenvalue weighted by molar-refractivity contribution is 0.0193. The highest BCUT2D eigenvalue weighted by molar-refractivity contribution is 5.90. The highest BCUT2D eigenvalue weighted by Crippen LogP contribution is 2.35. The molecular weight excluding hydrogens is 394 g/mol. The second-order valence-corrected chi connectivity index (χ2v) is 7.89. The summed E-state index contributed by atoms with van der Waals surface area (Å²) in [5.41, 5.74) is 1.50. The largest absolute Gasteiger partial charge is 0.515 e. The Labute approximate surface area is 179 Å². The number of nitrogens with zero attached hydrogens (tertiary/aromatic N) is 3. The van der Waals surface area contributed by atoms with Crippen molar-refractivity contribution in [2.24, 2.45) is 0 Å². The molecule has 0 spiro atoms. The predicted molar refractivity (Wildman–Crippen MR) is 117 cm³/mol. The van der Waals surface area contributed by atoms with E-state index in [1.807, 2.05) is 48.5 Å². The average molecular weight is 415 g/mol. The second kappa shape index (κ2) is 8.02. The van der Waals surface area contributed by atoms with E-state index in [1.54, 1.807) is 39.0 Å². The second-order valence-electron chi connectivity index (χ2n) is 7.89. The summed E-state index contributed by atoms with van der Waals surface area (Å²) in [4.78, 5) is 29.1. The molecule has 0 fully saturated rings. The summed E-state index contributed by atoms with van der Waals surface area (Å²) in [6.07, 6.45) is -0.280. The van der Waals surface area contributed by atoms with Gasteiger partial charge in [0.05, 0.1) is 22.5 Å². The minimum atomic E-state index is -0.899. The molecule has 7 nitrogen and oxygen atoms in total. The van der Waals surface area contributed by atoms with Crippen LogP contribution in [0, 0.1) is 0 Å². The summed E-state index contributed by atoms with van der Waals surface area (Å²) in [7, 11) is 0. The van der Waals surface area contributed by atoms with Crippen molar-refractivity contribution in [2.75, 3.05) is 0 Å². The van der Waals surface area contributed by atoms with Crippen molar-refractivity contribution in [3.63, 3.8) is 0 Å². The zero-order chi connectivity index (χ0) is 22.0. The van der Waals surface area contributed by atoms with Crippen LogP contribution in [0.3, 0.4) is 0 Å². The number of para-hydroxylation sites is 2. The van der Waals surface area contributed by atoms with Crippen LogP contribution >= 0.6 is 0 Å². The van der Waals surface area contributed by atoms with E-state index in [4.69, 9.17) is 9.47 Å². The van der Waals surface area contributed by atoms with Gasteiger partial charge in [0.15, 0.2) is 6.29 Å². The Hall–Kier alpha value is -4.00. The van der Waals surface area contributed by atoms with Crippen molar-refractivity contribution >= 4 is 23.3 Å². The molecule has 31 heavy (non-hydrogen) atoms. The normalized spacial score (nSPS) is 11.3. The van der Waals surface area contributed by atoms with Crippen LogP contribution in [-0.4, -0.2) is 32.8 Å². The van der Waals surface area contributed by atoms with Gasteiger partial charge in [-0.05, 0) is 45.0 Å². The third-order valence-electron chi connectivity index (χ3n) is 4.41. The number of carbonyl (C=O) groups is 2. The maximum absolute atomic E-state index is 12.5. The molecule has 7 heteroatoms. The van der Waals surface area contributed by atoms with Crippen molar-refractivity contribution in [1.29, 1.82) is 0 Å². The van der Waals surface area contributed by atoms with Gasteiger partial charge >= 0.3 is 6.16 Å². The van der Waals surface area contributed by atoms with E-state index in [0.717, 1.165) is 10.9 Å². The van der Waals surface area contributed by atoms with E-state index in [-0.39, 0.29) is 11.6 Å². The van der Waals surface area contributed by atoms with Gasteiger partial charge in [0.25, 0.3) is 0 Å². The molecule has 0 aliphatic heterocycles. The maximum Gasteiger partial charge on any atom is 0.515 e. The number of pyridine rings is 1. The number of carbonyl (C=O) groups excluding carboxylic acids is 2. The Morgan fingerprint density at radius 1 is 0.968 bits per heavy atom. The molecule has 0 saturated heterocycles. The maximum atomic E-state index is 12.5. The molecule has 4 rings (SSSR count). The van der Waals surface area contributed by atoms with Crippen molar-refractivity contribution in [2.45, 2.75) is 26.4 Å². The molecule has 156 valence electrons. The molecular formula is C24H21N3O4. The first-order valence-electron chi connectivity index (χ1n) is 9.76. The molecule has 0 unspecified atom stereocenters. The first-order chi connectivity index (χ1) is 14.9. The number of rotatable bonds is 4. The van der Waals surface area contributed by atoms with Crippen molar-refractivity contribution in [3.05, 3.63) is 72.4 Å². The molecule has 0 saturated carbocycles. The van der Waals surface area contributed by atoms with E-state index < -0.39 is 11.8 Å². The third-order valence-corrected chi connectivity index (χ3v) is 4.41. The van der Waals surface area contributed by atoms with Gasteiger partial charge in [-0.3, -0.25) is 4.79 Å². The molecule has 4 aromatic rings. The van der Waals surface area contributed by atoms with E-state index in [1.165, 1.54) is 4.68 Å². The standard InChI is InChI=1S/C24H21N3O4/c1-24(2,3)31-23(29)30-22-21(19-14-13-16-9-7-8-12-18(16)25-19)20(15-28)26-27(22)17-10-5-4-6-11-17/h4-15H,1-3H3. The molecule has 0 N–H and O–H groups in total. The minimum Gasteiger partial charge on any atom is -0.428 e. The predicted octanol–water partition coefficient (Wildman–Crippen LogP) is 5.21. The van der Waals surface area contributed by atoms with Crippen LogP contribution in [0.25, 0.3) is 27.8 Å². The highest BCUT2D eigenvalue weighted by Gasteiger charge is 2.27. The van der Waals surface area contributed by atoms with Crippen LogP contribution < -0.4 is 4.74 Å². The zero-order valence-corrected chi connectivity index (χ0v) is 17.4. The number of aromatic nitrogens is 3. The first kappa shape index (κ1) is 20.3. The van der Waals surface area contributed by atoms with Crippen molar-refractivity contribution in [1.82, 2.24) is 14.8 Å². The molecule has 0 atom stereocenters. The van der Waals surface area contributed by atoms with Gasteiger partial charge in [-0.15, -0.1) is 0 Å². The Morgan fingerprint density at radius 2 is 1.68 bits per heavy atom. The summed E-state index contributed by atoms with van der Waals surface area (Å²) in [6.45, 7) is 5.22. The van der Waals surface area contributed by atoms with Crippen LogP contribution in [0.1, 0.15) is 31.3 Å². The summed E-state index contributed by atoms with van der Waals surface area (Å²) >= 11 is 0. The molecule has 0 aliphatic carbocycles. The summed E-state index contributed by atoms with van der Waals surface area (Å²) in [5.74, 6) is 0.0605. The van der Waals surface area contributed by atoms with Gasteiger partial charge in [0.1, 0.15) is 11.3 Å². The Morgan fingerprint density at radius 3 is 2.39 bits per heavy atom. The minimum absolute atomic E-state index is 0.0605. The van der Waals surface area contributed by atoms with Crippen LogP contribution in [0.2, 0.25) is 0 Å². The molecule has 0 amide bonds. The lowest BCUT2D eigenvalue weighted by atomic mass is 10.1. The average Bonchev–Trinajstić information content (AvgIpc) is 3.10. The number of benzene rings is 2. The lowest BCUT2D eigenvalue weighted by Gasteiger charge is -2.19. The lowest BCUT2D eigenvalue weighted by Crippen LogP contribution is -2.26. The molecule has 0 aliphatic rings. The van der Waals surface area contributed by atoms with Crippen LogP contribution in [0.4, 0.5) is 4.79 Å². The highest BCUT2D eigenvalue weighted by atomic mass is 16.7. The van der Waals surface area contributed by atoms with Gasteiger partial charge in [-0.1, -0.05) is 42.5 Å². The fourth-order valence-electron chi connectivity index (χ4n) is 3.14. The first-order valence-corrected chi connectivity index (χ1v) is 9.76. The van der Waals surface area contributed by atoms with Crippen LogP contribution in [0.5, 0.6) is 5.88 Å². The van der Waals surface area contributed by atoms with Crippen LogP contribution in [-0.2, 0) is 4.74 Å². The fourth-order valence-corrected chi connectivity index (χ4v) is 3.14. The zero-order valence-electron chi connectivity index (χ0n) is 17.4.